The highest BCUT2D eigenvalue weighted by atomic mass is 79.9. The largest absolute Gasteiger partial charge is 0.354 e. The Morgan fingerprint density at radius 1 is 1.00 bits per heavy atom. The Balaban J connectivity index is 1.88. The highest BCUT2D eigenvalue weighted by Gasteiger charge is 2.29. The Morgan fingerprint density at radius 3 is 2.41 bits per heavy atom. The minimum atomic E-state index is -3.91. The zero-order chi connectivity index (χ0) is 19.7. The molecule has 0 unspecified atom stereocenters. The number of nitrogens with zero attached hydrogens (tertiary/aromatic N) is 1. The maximum absolute atomic E-state index is 12.7. The third kappa shape index (κ3) is 4.49. The molecule has 0 aromatic heterocycles. The average Bonchev–Trinajstić information content (AvgIpc) is 2.61. The molecule has 1 aliphatic heterocycles. The molecule has 1 fully saturated rings. The van der Waals surface area contributed by atoms with E-state index in [0.717, 1.165) is 4.31 Å². The molecule has 1 heterocycles. The van der Waals surface area contributed by atoms with Gasteiger partial charge in [-0.25, -0.2) is 16.8 Å². The van der Waals surface area contributed by atoms with Crippen LogP contribution in [0.5, 0.6) is 0 Å². The maximum Gasteiger partial charge on any atom is 0.261 e. The minimum Gasteiger partial charge on any atom is -0.354 e. The zero-order valence-electron chi connectivity index (χ0n) is 13.9. The summed E-state index contributed by atoms with van der Waals surface area (Å²) in [4.78, 5) is 11.4. The number of hydrogen-bond acceptors (Lipinski definition) is 5. The average molecular weight is 474 g/mol. The van der Waals surface area contributed by atoms with Crippen LogP contribution in [0, 0.1) is 0 Å². The number of hydrogen-bond donors (Lipinski definition) is 2. The minimum absolute atomic E-state index is 0.0397. The number of anilines is 1. The molecular formula is C16H16BrN3O5S2. The molecule has 0 aliphatic carbocycles. The smallest absolute Gasteiger partial charge is 0.261 e. The van der Waals surface area contributed by atoms with Gasteiger partial charge < -0.3 is 5.32 Å². The number of benzene rings is 2. The number of carbonyl (C=O) groups is 1. The molecule has 0 atom stereocenters. The second kappa shape index (κ2) is 7.58. The van der Waals surface area contributed by atoms with E-state index in [4.69, 9.17) is 0 Å². The van der Waals surface area contributed by atoms with Crippen LogP contribution in [0.2, 0.25) is 0 Å². The summed E-state index contributed by atoms with van der Waals surface area (Å²) in [5.41, 5.74) is 0.109. The van der Waals surface area contributed by atoms with Gasteiger partial charge in [0.05, 0.1) is 22.0 Å². The van der Waals surface area contributed by atoms with Crippen LogP contribution in [0.15, 0.2) is 62.8 Å². The van der Waals surface area contributed by atoms with E-state index in [1.165, 1.54) is 36.4 Å². The van der Waals surface area contributed by atoms with Gasteiger partial charge in [0.2, 0.25) is 15.9 Å². The summed E-state index contributed by atoms with van der Waals surface area (Å²) in [5.74, 6) is -0.378. The van der Waals surface area contributed by atoms with Crippen molar-refractivity contribution in [2.24, 2.45) is 0 Å². The van der Waals surface area contributed by atoms with Gasteiger partial charge in [0.25, 0.3) is 10.0 Å². The van der Waals surface area contributed by atoms with Gasteiger partial charge >= 0.3 is 0 Å². The van der Waals surface area contributed by atoms with E-state index < -0.39 is 20.0 Å². The number of sulfonamides is 2. The van der Waals surface area contributed by atoms with Gasteiger partial charge in [-0.15, -0.1) is 0 Å². The lowest BCUT2D eigenvalue weighted by Gasteiger charge is -2.26. The summed E-state index contributed by atoms with van der Waals surface area (Å²) in [6.07, 6.45) is 0. The SMILES string of the molecule is O=C1CN(S(=O)(=O)c2cccc(NS(=O)(=O)c3cccc(Br)c3)c2)CCN1. The summed E-state index contributed by atoms with van der Waals surface area (Å²) >= 11 is 3.22. The van der Waals surface area contributed by atoms with Crippen molar-refractivity contribution in [2.45, 2.75) is 9.79 Å². The Labute approximate surface area is 165 Å². The molecule has 0 spiro atoms. The van der Waals surface area contributed by atoms with Gasteiger partial charge in [-0.2, -0.15) is 4.31 Å². The zero-order valence-corrected chi connectivity index (χ0v) is 17.1. The van der Waals surface area contributed by atoms with Gasteiger partial charge in [0.15, 0.2) is 0 Å². The predicted octanol–water partition coefficient (Wildman–Crippen LogP) is 1.37. The van der Waals surface area contributed by atoms with Crippen LogP contribution in [0.4, 0.5) is 5.69 Å². The highest BCUT2D eigenvalue weighted by molar-refractivity contribution is 9.10. The second-order valence-electron chi connectivity index (χ2n) is 5.78. The van der Waals surface area contributed by atoms with Crippen LogP contribution in [0.1, 0.15) is 0 Å². The molecule has 1 saturated heterocycles. The lowest BCUT2D eigenvalue weighted by atomic mass is 10.3. The van der Waals surface area contributed by atoms with Crippen LogP contribution in [-0.4, -0.2) is 46.7 Å². The fourth-order valence-corrected chi connectivity index (χ4v) is 5.63. The molecule has 1 aliphatic rings. The molecule has 0 saturated carbocycles. The van der Waals surface area contributed by atoms with Crippen molar-refractivity contribution < 1.29 is 21.6 Å². The second-order valence-corrected chi connectivity index (χ2v) is 10.3. The first-order valence-corrected chi connectivity index (χ1v) is 11.6. The summed E-state index contributed by atoms with van der Waals surface area (Å²) in [5, 5.41) is 2.56. The number of piperazine rings is 1. The van der Waals surface area contributed by atoms with Crippen molar-refractivity contribution >= 4 is 47.6 Å². The summed E-state index contributed by atoms with van der Waals surface area (Å²) < 4.78 is 54.5. The number of nitrogens with one attached hydrogen (secondary N) is 2. The summed E-state index contributed by atoms with van der Waals surface area (Å²) in [7, 11) is -7.80. The topological polar surface area (TPSA) is 113 Å². The molecule has 144 valence electrons. The van der Waals surface area contributed by atoms with Gasteiger partial charge in [-0.05, 0) is 36.4 Å². The Bertz CT molecular complexity index is 1090. The molecule has 27 heavy (non-hydrogen) atoms. The van der Waals surface area contributed by atoms with Crippen LogP contribution in [0.3, 0.4) is 0 Å². The predicted molar refractivity (Wildman–Crippen MR) is 103 cm³/mol. The summed E-state index contributed by atoms with van der Waals surface area (Å²) in [6, 6.07) is 11.6. The number of halogens is 1. The van der Waals surface area contributed by atoms with E-state index in [2.05, 4.69) is 26.0 Å². The first kappa shape index (κ1) is 19.8. The molecule has 2 aromatic rings. The van der Waals surface area contributed by atoms with E-state index >= 15 is 0 Å². The van der Waals surface area contributed by atoms with Crippen LogP contribution in [-0.2, 0) is 24.8 Å². The molecule has 11 heteroatoms. The normalized spacial score (nSPS) is 16.0. The van der Waals surface area contributed by atoms with Crippen molar-refractivity contribution in [1.82, 2.24) is 9.62 Å². The van der Waals surface area contributed by atoms with Crippen molar-refractivity contribution in [3.05, 3.63) is 53.0 Å². The Hall–Kier alpha value is -1.95. The Kier molecular flexibility index (Phi) is 5.56. The lowest BCUT2D eigenvalue weighted by Crippen LogP contribution is -2.49. The third-order valence-corrected chi connectivity index (χ3v) is 7.55. The van der Waals surface area contributed by atoms with Crippen LogP contribution in [0.25, 0.3) is 0 Å². The molecule has 3 rings (SSSR count). The maximum atomic E-state index is 12.7. The summed E-state index contributed by atoms with van der Waals surface area (Å²) in [6.45, 7) is 0.117. The quantitative estimate of drug-likeness (QED) is 0.680. The van der Waals surface area contributed by atoms with Crippen LogP contribution >= 0.6 is 15.9 Å². The van der Waals surface area contributed by atoms with E-state index in [1.807, 2.05) is 0 Å². The van der Waals surface area contributed by atoms with Crippen molar-refractivity contribution in [1.29, 1.82) is 0 Å². The number of rotatable bonds is 5. The standard InChI is InChI=1S/C16H16BrN3O5S2/c17-12-3-1-5-14(9-12)26(22,23)19-13-4-2-6-15(10-13)27(24,25)20-8-7-18-16(21)11-20/h1-6,9-10,19H,7-8,11H2,(H,18,21). The molecule has 2 N–H and O–H groups in total. The Morgan fingerprint density at radius 2 is 1.70 bits per heavy atom. The number of amides is 1. The van der Waals surface area contributed by atoms with E-state index in [0.29, 0.717) is 4.47 Å². The molecule has 1 amide bonds. The van der Waals surface area contributed by atoms with E-state index in [1.54, 1.807) is 12.1 Å². The lowest BCUT2D eigenvalue weighted by molar-refractivity contribution is -0.122. The van der Waals surface area contributed by atoms with Gasteiger partial charge in [0, 0.05) is 17.6 Å². The fourth-order valence-electron chi connectivity index (χ4n) is 2.54. The molecule has 2 aromatic carbocycles. The molecule has 0 bridgehead atoms. The van der Waals surface area contributed by atoms with Crippen molar-refractivity contribution in [3.63, 3.8) is 0 Å². The first-order valence-electron chi connectivity index (χ1n) is 7.84. The van der Waals surface area contributed by atoms with Crippen LogP contribution < -0.4 is 10.0 Å². The van der Waals surface area contributed by atoms with Gasteiger partial charge in [-0.1, -0.05) is 28.1 Å². The molecular weight excluding hydrogens is 458 g/mol. The third-order valence-electron chi connectivity index (χ3n) is 3.83. The van der Waals surface area contributed by atoms with E-state index in [-0.39, 0.29) is 41.0 Å². The van der Waals surface area contributed by atoms with E-state index in [9.17, 15) is 21.6 Å². The number of carbonyl (C=O) groups excluding carboxylic acids is 1. The van der Waals surface area contributed by atoms with Gasteiger partial charge in [0.1, 0.15) is 0 Å². The van der Waals surface area contributed by atoms with Crippen molar-refractivity contribution in [3.8, 4) is 0 Å². The molecule has 8 nitrogen and oxygen atoms in total. The van der Waals surface area contributed by atoms with Crippen molar-refractivity contribution in [2.75, 3.05) is 24.4 Å². The van der Waals surface area contributed by atoms with Gasteiger partial charge in [-0.3, -0.25) is 9.52 Å². The monoisotopic (exact) mass is 473 g/mol. The molecule has 0 radical (unpaired) electrons. The first-order chi connectivity index (χ1) is 12.7. The highest BCUT2D eigenvalue weighted by Crippen LogP contribution is 2.23. The fraction of sp³-hybridized carbons (Fsp3) is 0.188.